The number of rotatable bonds is 3. The molecule has 0 aliphatic heterocycles. The lowest BCUT2D eigenvalue weighted by Crippen LogP contribution is -2.11. The van der Waals surface area contributed by atoms with Crippen LogP contribution in [0.3, 0.4) is 0 Å². The molecule has 0 aromatic carbocycles. The van der Waals surface area contributed by atoms with Crippen LogP contribution in [-0.2, 0) is 0 Å². The number of aryl methyl sites for hydroxylation is 1. The van der Waals surface area contributed by atoms with Crippen molar-refractivity contribution in [3.63, 3.8) is 0 Å². The summed E-state index contributed by atoms with van der Waals surface area (Å²) in [5.41, 5.74) is 0.787. The van der Waals surface area contributed by atoms with Gasteiger partial charge in [0, 0.05) is 0 Å². The van der Waals surface area contributed by atoms with E-state index in [9.17, 15) is 4.79 Å². The van der Waals surface area contributed by atoms with Gasteiger partial charge in [-0.1, -0.05) is 5.10 Å². The van der Waals surface area contributed by atoms with E-state index in [4.69, 9.17) is 4.74 Å². The molecule has 0 atom stereocenters. The van der Waals surface area contributed by atoms with E-state index in [1.54, 1.807) is 0 Å². The predicted octanol–water partition coefficient (Wildman–Crippen LogP) is 2.33. The average Bonchev–Trinajstić information content (AvgIpc) is 2.87. The predicted molar refractivity (Wildman–Crippen MR) is 69.0 cm³/mol. The van der Waals surface area contributed by atoms with Crippen LogP contribution >= 0.6 is 38.6 Å². The lowest BCUT2D eigenvalue weighted by molar-refractivity contribution is 0.102. The summed E-state index contributed by atoms with van der Waals surface area (Å²) in [5.74, 6) is -0.303. The van der Waals surface area contributed by atoms with E-state index in [0.717, 1.165) is 20.8 Å². The molecule has 0 unspecified atom stereocenters. The molecule has 0 saturated heterocycles. The second kappa shape index (κ2) is 5.07. The standard InChI is InChI=1S/C8H7BrN4O2S2/c1-3-4(9)16-6(10-3)5(14)11-7-12-13-8(15-2)17-7/h1-2H3,(H,11,12,14). The Labute approximate surface area is 113 Å². The first-order valence-electron chi connectivity index (χ1n) is 4.42. The van der Waals surface area contributed by atoms with Crippen molar-refractivity contribution in [2.24, 2.45) is 0 Å². The Bertz CT molecular complexity index is 534. The summed E-state index contributed by atoms with van der Waals surface area (Å²) in [6, 6.07) is 0. The minimum absolute atomic E-state index is 0.303. The second-order valence-electron chi connectivity index (χ2n) is 2.91. The van der Waals surface area contributed by atoms with Gasteiger partial charge in [-0.25, -0.2) is 4.98 Å². The van der Waals surface area contributed by atoms with Crippen molar-refractivity contribution >= 4 is 49.6 Å². The molecule has 1 amide bonds. The van der Waals surface area contributed by atoms with Gasteiger partial charge in [0.1, 0.15) is 0 Å². The Hall–Kier alpha value is -1.06. The molecule has 6 nitrogen and oxygen atoms in total. The highest BCUT2D eigenvalue weighted by atomic mass is 79.9. The van der Waals surface area contributed by atoms with Gasteiger partial charge in [-0.05, 0) is 34.2 Å². The highest BCUT2D eigenvalue weighted by Crippen LogP contribution is 2.26. The zero-order valence-corrected chi connectivity index (χ0v) is 12.1. The van der Waals surface area contributed by atoms with Crippen LogP contribution in [0.2, 0.25) is 0 Å². The van der Waals surface area contributed by atoms with Crippen molar-refractivity contribution in [2.45, 2.75) is 6.92 Å². The number of nitrogens with zero attached hydrogens (tertiary/aromatic N) is 3. The van der Waals surface area contributed by atoms with E-state index in [1.807, 2.05) is 6.92 Å². The summed E-state index contributed by atoms with van der Waals surface area (Å²) in [6.07, 6.45) is 0. The molecule has 9 heteroatoms. The van der Waals surface area contributed by atoms with E-state index in [-0.39, 0.29) is 5.91 Å². The molecular weight excluding hydrogens is 328 g/mol. The van der Waals surface area contributed by atoms with Crippen molar-refractivity contribution in [2.75, 3.05) is 12.4 Å². The zero-order valence-electron chi connectivity index (χ0n) is 8.85. The quantitative estimate of drug-likeness (QED) is 0.931. The van der Waals surface area contributed by atoms with Gasteiger partial charge in [0.15, 0.2) is 5.01 Å². The molecule has 2 aromatic rings. The van der Waals surface area contributed by atoms with Gasteiger partial charge in [-0.3, -0.25) is 10.1 Å². The summed E-state index contributed by atoms with van der Waals surface area (Å²) >= 11 is 5.74. The molecular formula is C8H7BrN4O2S2. The number of methoxy groups -OCH3 is 1. The molecule has 0 bridgehead atoms. The number of carbonyl (C=O) groups is 1. The number of carbonyl (C=O) groups excluding carboxylic acids is 1. The fourth-order valence-electron chi connectivity index (χ4n) is 0.968. The molecule has 2 aromatic heterocycles. The first-order valence-corrected chi connectivity index (χ1v) is 6.84. The Morgan fingerprint density at radius 3 is 2.71 bits per heavy atom. The molecule has 2 heterocycles. The van der Waals surface area contributed by atoms with E-state index in [0.29, 0.717) is 15.3 Å². The van der Waals surface area contributed by atoms with Crippen molar-refractivity contribution in [3.05, 3.63) is 14.5 Å². The number of nitrogens with one attached hydrogen (secondary N) is 1. The minimum atomic E-state index is -0.303. The van der Waals surface area contributed by atoms with Gasteiger partial charge in [0.05, 0.1) is 16.6 Å². The third-order valence-corrected chi connectivity index (χ3v) is 4.54. The summed E-state index contributed by atoms with van der Waals surface area (Å²) in [4.78, 5) is 15.9. The van der Waals surface area contributed by atoms with Crippen LogP contribution in [0.1, 0.15) is 15.5 Å². The highest BCUT2D eigenvalue weighted by molar-refractivity contribution is 9.11. The van der Waals surface area contributed by atoms with E-state index >= 15 is 0 Å². The average molecular weight is 335 g/mol. The van der Waals surface area contributed by atoms with E-state index in [1.165, 1.54) is 18.4 Å². The Morgan fingerprint density at radius 2 is 2.18 bits per heavy atom. The first kappa shape index (κ1) is 12.4. The number of aromatic nitrogens is 3. The van der Waals surface area contributed by atoms with Crippen LogP contribution in [0.25, 0.3) is 0 Å². The SMILES string of the molecule is COc1nnc(NC(=O)c2nc(C)c(Br)s2)s1. The molecule has 0 spiro atoms. The Balaban J connectivity index is 2.11. The highest BCUT2D eigenvalue weighted by Gasteiger charge is 2.15. The molecule has 2 rings (SSSR count). The smallest absolute Gasteiger partial charge is 0.295 e. The van der Waals surface area contributed by atoms with Crippen LogP contribution in [0.5, 0.6) is 5.19 Å². The number of amides is 1. The molecule has 1 N–H and O–H groups in total. The van der Waals surface area contributed by atoms with E-state index < -0.39 is 0 Å². The summed E-state index contributed by atoms with van der Waals surface area (Å²) in [6.45, 7) is 1.82. The molecule has 0 aliphatic rings. The third-order valence-electron chi connectivity index (χ3n) is 1.74. The number of thiazole rings is 1. The maximum Gasteiger partial charge on any atom is 0.295 e. The Morgan fingerprint density at radius 1 is 1.41 bits per heavy atom. The minimum Gasteiger partial charge on any atom is -0.472 e. The topological polar surface area (TPSA) is 77.0 Å². The van der Waals surface area contributed by atoms with Crippen molar-refractivity contribution in [3.8, 4) is 5.19 Å². The molecule has 17 heavy (non-hydrogen) atoms. The number of hydrogen-bond acceptors (Lipinski definition) is 7. The van der Waals surface area contributed by atoms with Crippen LogP contribution in [0.15, 0.2) is 3.79 Å². The van der Waals surface area contributed by atoms with Crippen molar-refractivity contribution < 1.29 is 9.53 Å². The van der Waals surface area contributed by atoms with Gasteiger partial charge in [-0.15, -0.1) is 16.4 Å². The van der Waals surface area contributed by atoms with Crippen LogP contribution in [0.4, 0.5) is 5.13 Å². The maximum absolute atomic E-state index is 11.8. The van der Waals surface area contributed by atoms with Gasteiger partial charge < -0.3 is 4.74 Å². The van der Waals surface area contributed by atoms with Crippen LogP contribution < -0.4 is 10.1 Å². The third kappa shape index (κ3) is 2.79. The molecule has 0 aliphatic carbocycles. The van der Waals surface area contributed by atoms with Crippen LogP contribution in [-0.4, -0.2) is 28.2 Å². The van der Waals surface area contributed by atoms with Gasteiger partial charge in [0.2, 0.25) is 5.13 Å². The number of halogens is 1. The maximum atomic E-state index is 11.8. The lowest BCUT2D eigenvalue weighted by Gasteiger charge is -1.95. The first-order chi connectivity index (χ1) is 8.10. The normalized spacial score (nSPS) is 10.3. The molecule has 0 saturated carbocycles. The zero-order chi connectivity index (χ0) is 12.4. The van der Waals surface area contributed by atoms with Gasteiger partial charge in [-0.2, -0.15) is 0 Å². The molecule has 90 valence electrons. The number of ether oxygens (including phenoxy) is 1. The summed E-state index contributed by atoms with van der Waals surface area (Å²) in [7, 11) is 1.49. The largest absolute Gasteiger partial charge is 0.472 e. The van der Waals surface area contributed by atoms with Crippen molar-refractivity contribution in [1.29, 1.82) is 0 Å². The summed E-state index contributed by atoms with van der Waals surface area (Å²) in [5, 5.41) is 11.2. The number of hydrogen-bond donors (Lipinski definition) is 1. The monoisotopic (exact) mass is 334 g/mol. The van der Waals surface area contributed by atoms with Crippen LogP contribution in [0, 0.1) is 6.92 Å². The van der Waals surface area contributed by atoms with Gasteiger partial charge in [0.25, 0.3) is 11.1 Å². The molecule has 0 fully saturated rings. The lowest BCUT2D eigenvalue weighted by atomic mass is 10.5. The van der Waals surface area contributed by atoms with Crippen molar-refractivity contribution in [1.82, 2.24) is 15.2 Å². The fourth-order valence-corrected chi connectivity index (χ4v) is 2.76. The van der Waals surface area contributed by atoms with Gasteiger partial charge >= 0.3 is 0 Å². The second-order valence-corrected chi connectivity index (χ2v) is 6.17. The van der Waals surface area contributed by atoms with E-state index in [2.05, 4.69) is 36.4 Å². The number of anilines is 1. The molecule has 0 radical (unpaired) electrons. The Kier molecular flexibility index (Phi) is 3.69. The summed E-state index contributed by atoms with van der Waals surface area (Å²) < 4.78 is 5.72. The fraction of sp³-hybridized carbons (Fsp3) is 0.250.